The van der Waals surface area contributed by atoms with E-state index in [1.54, 1.807) is 5.56 Å². The van der Waals surface area contributed by atoms with Crippen molar-refractivity contribution in [2.45, 2.75) is 56.9 Å². The fourth-order valence-electron chi connectivity index (χ4n) is 3.15. The number of nitrogens with one attached hydrogen (secondary N) is 1. The van der Waals surface area contributed by atoms with E-state index in [4.69, 9.17) is 0 Å². The molecule has 2 heteroatoms. The highest BCUT2D eigenvalue weighted by atomic mass is 32.2. The summed E-state index contributed by atoms with van der Waals surface area (Å²) in [5.41, 5.74) is 1.57. The lowest BCUT2D eigenvalue weighted by Gasteiger charge is -2.28. The minimum atomic E-state index is 0.644. The number of hydrogen-bond acceptors (Lipinski definition) is 2. The van der Waals surface area contributed by atoms with E-state index in [1.165, 1.54) is 29.9 Å². The first kappa shape index (κ1) is 14.9. The van der Waals surface area contributed by atoms with Crippen LogP contribution in [0.15, 0.2) is 29.2 Å². The molecule has 1 heterocycles. The topological polar surface area (TPSA) is 12.0 Å². The van der Waals surface area contributed by atoms with Gasteiger partial charge in [-0.05, 0) is 30.5 Å². The van der Waals surface area contributed by atoms with Crippen molar-refractivity contribution in [2.24, 2.45) is 5.92 Å². The van der Waals surface area contributed by atoms with Crippen LogP contribution < -0.4 is 5.32 Å². The zero-order chi connectivity index (χ0) is 13.7. The number of hydrogen-bond donors (Lipinski definition) is 1. The first-order chi connectivity index (χ1) is 9.30. The summed E-state index contributed by atoms with van der Waals surface area (Å²) in [6, 6.07) is 9.61. The molecule has 0 aliphatic carbocycles. The SMILES string of the molecule is CCNC(CC(CC)CC)C1CSc2ccccc21. The highest BCUT2D eigenvalue weighted by molar-refractivity contribution is 7.99. The summed E-state index contributed by atoms with van der Waals surface area (Å²) in [5.74, 6) is 2.81. The molecule has 0 saturated carbocycles. The van der Waals surface area contributed by atoms with Gasteiger partial charge in [0.15, 0.2) is 0 Å². The van der Waals surface area contributed by atoms with Gasteiger partial charge in [0, 0.05) is 22.6 Å². The molecule has 0 bridgehead atoms. The summed E-state index contributed by atoms with van der Waals surface area (Å²) >= 11 is 2.03. The van der Waals surface area contributed by atoms with E-state index in [0.29, 0.717) is 12.0 Å². The van der Waals surface area contributed by atoms with Crippen molar-refractivity contribution in [3.63, 3.8) is 0 Å². The maximum Gasteiger partial charge on any atom is 0.0147 e. The van der Waals surface area contributed by atoms with E-state index < -0.39 is 0 Å². The molecule has 0 amide bonds. The van der Waals surface area contributed by atoms with Crippen LogP contribution in [-0.2, 0) is 0 Å². The number of likely N-dealkylation sites (N-methyl/N-ethyl adjacent to an activating group) is 1. The minimum Gasteiger partial charge on any atom is -0.314 e. The molecule has 1 aromatic carbocycles. The van der Waals surface area contributed by atoms with Crippen molar-refractivity contribution in [1.82, 2.24) is 5.32 Å². The second kappa shape index (κ2) is 7.35. The summed E-state index contributed by atoms with van der Waals surface area (Å²) in [6.07, 6.45) is 3.93. The molecular weight excluding hydrogens is 250 g/mol. The van der Waals surface area contributed by atoms with Crippen LogP contribution in [0.25, 0.3) is 0 Å². The molecule has 0 aromatic heterocycles. The largest absolute Gasteiger partial charge is 0.314 e. The average molecular weight is 277 g/mol. The van der Waals surface area contributed by atoms with E-state index in [1.807, 2.05) is 11.8 Å². The van der Waals surface area contributed by atoms with Crippen LogP contribution in [-0.4, -0.2) is 18.3 Å². The second-order valence-corrected chi connectivity index (χ2v) is 6.60. The summed E-state index contributed by atoms with van der Waals surface area (Å²) in [4.78, 5) is 1.50. The van der Waals surface area contributed by atoms with E-state index >= 15 is 0 Å². The molecule has 106 valence electrons. The summed E-state index contributed by atoms with van der Waals surface area (Å²) in [7, 11) is 0. The van der Waals surface area contributed by atoms with Crippen LogP contribution in [0.5, 0.6) is 0 Å². The normalized spacial score (nSPS) is 19.7. The Morgan fingerprint density at radius 3 is 2.63 bits per heavy atom. The molecule has 2 unspecified atom stereocenters. The van der Waals surface area contributed by atoms with Crippen LogP contribution in [0, 0.1) is 5.92 Å². The molecule has 1 aromatic rings. The van der Waals surface area contributed by atoms with Gasteiger partial charge in [0.25, 0.3) is 0 Å². The molecular formula is C17H27NS. The molecule has 1 N–H and O–H groups in total. The minimum absolute atomic E-state index is 0.644. The van der Waals surface area contributed by atoms with Gasteiger partial charge in [0.2, 0.25) is 0 Å². The molecule has 2 rings (SSSR count). The fraction of sp³-hybridized carbons (Fsp3) is 0.647. The van der Waals surface area contributed by atoms with Crippen molar-refractivity contribution in [3.05, 3.63) is 29.8 Å². The second-order valence-electron chi connectivity index (χ2n) is 5.54. The predicted molar refractivity (Wildman–Crippen MR) is 86.1 cm³/mol. The van der Waals surface area contributed by atoms with Gasteiger partial charge in [-0.2, -0.15) is 0 Å². The molecule has 2 atom stereocenters. The van der Waals surface area contributed by atoms with Crippen LogP contribution in [0.1, 0.15) is 51.5 Å². The van der Waals surface area contributed by atoms with Gasteiger partial charge in [-0.3, -0.25) is 0 Å². The highest BCUT2D eigenvalue weighted by Gasteiger charge is 2.30. The van der Waals surface area contributed by atoms with Crippen molar-refractivity contribution in [1.29, 1.82) is 0 Å². The lowest BCUT2D eigenvalue weighted by atomic mass is 9.85. The quantitative estimate of drug-likeness (QED) is 0.776. The van der Waals surface area contributed by atoms with Gasteiger partial charge < -0.3 is 5.32 Å². The Hall–Kier alpha value is -0.470. The molecule has 0 spiro atoms. The van der Waals surface area contributed by atoms with Gasteiger partial charge >= 0.3 is 0 Å². The number of fused-ring (bicyclic) bond motifs is 1. The lowest BCUT2D eigenvalue weighted by Crippen LogP contribution is -2.36. The smallest absolute Gasteiger partial charge is 0.0147 e. The Bertz CT molecular complexity index is 387. The average Bonchev–Trinajstić information content (AvgIpc) is 2.87. The Kier molecular flexibility index (Phi) is 5.77. The molecule has 1 nitrogen and oxygen atoms in total. The van der Waals surface area contributed by atoms with Crippen molar-refractivity contribution < 1.29 is 0 Å². The molecule has 0 saturated heterocycles. The lowest BCUT2D eigenvalue weighted by molar-refractivity contribution is 0.342. The van der Waals surface area contributed by atoms with E-state index in [0.717, 1.165) is 12.5 Å². The van der Waals surface area contributed by atoms with Crippen molar-refractivity contribution >= 4 is 11.8 Å². The van der Waals surface area contributed by atoms with Crippen LogP contribution in [0.2, 0.25) is 0 Å². The van der Waals surface area contributed by atoms with E-state index in [-0.39, 0.29) is 0 Å². The van der Waals surface area contributed by atoms with Gasteiger partial charge in [0.05, 0.1) is 0 Å². The first-order valence-electron chi connectivity index (χ1n) is 7.75. The van der Waals surface area contributed by atoms with Gasteiger partial charge in [-0.1, -0.05) is 51.8 Å². The zero-order valence-corrected chi connectivity index (χ0v) is 13.3. The predicted octanol–water partition coefficient (Wildman–Crippen LogP) is 4.68. The number of benzene rings is 1. The molecule has 19 heavy (non-hydrogen) atoms. The standard InChI is InChI=1S/C17H27NS/c1-4-13(5-2)11-16(18-6-3)15-12-19-17-10-8-7-9-14(15)17/h7-10,13,15-16,18H,4-6,11-12H2,1-3H3. The monoisotopic (exact) mass is 277 g/mol. The maximum atomic E-state index is 3.75. The molecule has 1 aliphatic heterocycles. The van der Waals surface area contributed by atoms with Crippen LogP contribution in [0.4, 0.5) is 0 Å². The zero-order valence-electron chi connectivity index (χ0n) is 12.5. The number of thioether (sulfide) groups is 1. The fourth-order valence-corrected chi connectivity index (χ4v) is 4.49. The van der Waals surface area contributed by atoms with Gasteiger partial charge in [-0.15, -0.1) is 11.8 Å². The van der Waals surface area contributed by atoms with Crippen LogP contribution >= 0.6 is 11.8 Å². The van der Waals surface area contributed by atoms with Crippen LogP contribution in [0.3, 0.4) is 0 Å². The third kappa shape index (κ3) is 3.55. The summed E-state index contributed by atoms with van der Waals surface area (Å²) in [5, 5.41) is 3.75. The third-order valence-electron chi connectivity index (χ3n) is 4.43. The van der Waals surface area contributed by atoms with Crippen molar-refractivity contribution in [3.8, 4) is 0 Å². The Morgan fingerprint density at radius 2 is 1.95 bits per heavy atom. The molecule has 1 aliphatic rings. The Morgan fingerprint density at radius 1 is 1.21 bits per heavy atom. The van der Waals surface area contributed by atoms with E-state index in [9.17, 15) is 0 Å². The Labute approximate surface area is 122 Å². The third-order valence-corrected chi connectivity index (χ3v) is 5.64. The molecule has 0 fully saturated rings. The summed E-state index contributed by atoms with van der Waals surface area (Å²) < 4.78 is 0. The highest BCUT2D eigenvalue weighted by Crippen LogP contribution is 2.42. The van der Waals surface area contributed by atoms with E-state index in [2.05, 4.69) is 50.4 Å². The summed E-state index contributed by atoms with van der Waals surface area (Å²) in [6.45, 7) is 7.96. The van der Waals surface area contributed by atoms with Gasteiger partial charge in [0.1, 0.15) is 0 Å². The number of rotatable bonds is 7. The Balaban J connectivity index is 2.12. The van der Waals surface area contributed by atoms with Crippen molar-refractivity contribution in [2.75, 3.05) is 12.3 Å². The maximum absolute atomic E-state index is 3.75. The first-order valence-corrected chi connectivity index (χ1v) is 8.73. The molecule has 0 radical (unpaired) electrons. The van der Waals surface area contributed by atoms with Gasteiger partial charge in [-0.25, -0.2) is 0 Å².